The maximum absolute atomic E-state index is 13.0. The van der Waals surface area contributed by atoms with Crippen molar-refractivity contribution in [3.63, 3.8) is 0 Å². The van der Waals surface area contributed by atoms with Gasteiger partial charge < -0.3 is 10.1 Å². The Labute approximate surface area is 108 Å². The molecule has 3 heteroatoms. The molecule has 3 rings (SSSR count). The number of nitrogens with one attached hydrogen (secondary N) is 1. The van der Waals surface area contributed by atoms with Crippen LogP contribution >= 0.6 is 0 Å². The molecule has 2 heterocycles. The van der Waals surface area contributed by atoms with Crippen molar-refractivity contribution in [1.29, 1.82) is 0 Å². The van der Waals surface area contributed by atoms with Crippen molar-refractivity contribution in [2.75, 3.05) is 0 Å². The smallest absolute Gasteiger partial charge is 0.123 e. The Kier molecular flexibility index (Phi) is 3.35. The Morgan fingerprint density at radius 1 is 1.28 bits per heavy atom. The molecule has 0 radical (unpaired) electrons. The fraction of sp³-hybridized carbons (Fsp3) is 0.600. The monoisotopic (exact) mass is 249 g/mol. The molecular weight excluding hydrogens is 229 g/mol. The maximum atomic E-state index is 13.0. The van der Waals surface area contributed by atoms with Crippen LogP contribution in [0, 0.1) is 12.7 Å². The van der Waals surface area contributed by atoms with Crippen LogP contribution in [0.15, 0.2) is 18.2 Å². The van der Waals surface area contributed by atoms with E-state index in [1.807, 2.05) is 13.0 Å². The first-order chi connectivity index (χ1) is 8.70. The Morgan fingerprint density at radius 2 is 2.00 bits per heavy atom. The summed E-state index contributed by atoms with van der Waals surface area (Å²) in [5.41, 5.74) is 2.08. The maximum Gasteiger partial charge on any atom is 0.123 e. The minimum Gasteiger partial charge on any atom is -0.373 e. The van der Waals surface area contributed by atoms with Gasteiger partial charge in [0.15, 0.2) is 0 Å². The van der Waals surface area contributed by atoms with Crippen molar-refractivity contribution in [2.24, 2.45) is 0 Å². The topological polar surface area (TPSA) is 21.3 Å². The first-order valence-electron chi connectivity index (χ1n) is 6.83. The van der Waals surface area contributed by atoms with Gasteiger partial charge in [0.2, 0.25) is 0 Å². The molecule has 1 aromatic rings. The summed E-state index contributed by atoms with van der Waals surface area (Å²) in [6.07, 6.45) is 5.20. The van der Waals surface area contributed by atoms with Gasteiger partial charge >= 0.3 is 0 Å². The molecule has 0 amide bonds. The average Bonchev–Trinajstić information content (AvgIpc) is 2.68. The summed E-state index contributed by atoms with van der Waals surface area (Å²) in [6, 6.07) is 6.23. The molecule has 0 saturated carbocycles. The minimum atomic E-state index is -0.170. The Bertz CT molecular complexity index is 423. The summed E-state index contributed by atoms with van der Waals surface area (Å²) in [4.78, 5) is 0. The van der Waals surface area contributed by atoms with E-state index in [1.165, 1.54) is 18.9 Å². The van der Waals surface area contributed by atoms with Gasteiger partial charge in [-0.1, -0.05) is 6.07 Å². The van der Waals surface area contributed by atoms with Crippen LogP contribution in [-0.4, -0.2) is 18.2 Å². The normalized spacial score (nSPS) is 30.7. The third-order valence-corrected chi connectivity index (χ3v) is 4.21. The largest absolute Gasteiger partial charge is 0.373 e. The summed E-state index contributed by atoms with van der Waals surface area (Å²) >= 11 is 0. The van der Waals surface area contributed by atoms with Gasteiger partial charge in [-0.3, -0.25) is 0 Å². The Hall–Kier alpha value is -0.930. The van der Waals surface area contributed by atoms with Crippen LogP contribution in [-0.2, 0) is 11.3 Å². The SMILES string of the molecule is Cc1cc(F)ccc1COC1CC2CCC(C1)N2. The van der Waals surface area contributed by atoms with Crippen molar-refractivity contribution >= 4 is 0 Å². The van der Waals surface area contributed by atoms with E-state index in [-0.39, 0.29) is 5.82 Å². The van der Waals surface area contributed by atoms with E-state index in [0.717, 1.165) is 24.0 Å². The third kappa shape index (κ3) is 2.57. The van der Waals surface area contributed by atoms with Crippen molar-refractivity contribution in [1.82, 2.24) is 5.32 Å². The van der Waals surface area contributed by atoms with Crippen molar-refractivity contribution in [3.05, 3.63) is 35.1 Å². The van der Waals surface area contributed by atoms with Crippen LogP contribution in [0.1, 0.15) is 36.8 Å². The zero-order chi connectivity index (χ0) is 12.5. The minimum absolute atomic E-state index is 0.170. The average molecular weight is 249 g/mol. The van der Waals surface area contributed by atoms with E-state index in [9.17, 15) is 4.39 Å². The zero-order valence-corrected chi connectivity index (χ0v) is 10.8. The molecule has 2 nitrogen and oxygen atoms in total. The zero-order valence-electron chi connectivity index (χ0n) is 10.8. The van der Waals surface area contributed by atoms with Gasteiger partial charge in [-0.15, -0.1) is 0 Å². The lowest BCUT2D eigenvalue weighted by Gasteiger charge is -2.29. The molecule has 98 valence electrons. The summed E-state index contributed by atoms with van der Waals surface area (Å²) < 4.78 is 19.0. The lowest BCUT2D eigenvalue weighted by Crippen LogP contribution is -2.41. The van der Waals surface area contributed by atoms with Crippen LogP contribution in [0.4, 0.5) is 4.39 Å². The van der Waals surface area contributed by atoms with Crippen LogP contribution in [0.3, 0.4) is 0 Å². The van der Waals surface area contributed by atoms with E-state index >= 15 is 0 Å². The second-order valence-corrected chi connectivity index (χ2v) is 5.61. The molecule has 0 aliphatic carbocycles. The number of ether oxygens (including phenoxy) is 1. The molecule has 2 saturated heterocycles. The number of halogens is 1. The van der Waals surface area contributed by atoms with Gasteiger partial charge in [-0.25, -0.2) is 4.39 Å². The summed E-state index contributed by atoms with van der Waals surface area (Å²) in [5.74, 6) is -0.170. The highest BCUT2D eigenvalue weighted by Gasteiger charge is 2.33. The van der Waals surface area contributed by atoms with E-state index in [1.54, 1.807) is 6.07 Å². The predicted octanol–water partition coefficient (Wildman–Crippen LogP) is 2.93. The number of aryl methyl sites for hydroxylation is 1. The van der Waals surface area contributed by atoms with Gasteiger partial charge in [0.05, 0.1) is 12.7 Å². The van der Waals surface area contributed by atoms with Gasteiger partial charge in [0, 0.05) is 12.1 Å². The van der Waals surface area contributed by atoms with Crippen LogP contribution in [0.5, 0.6) is 0 Å². The van der Waals surface area contributed by atoms with Gasteiger partial charge in [-0.2, -0.15) is 0 Å². The summed E-state index contributed by atoms with van der Waals surface area (Å²) in [6.45, 7) is 2.55. The highest BCUT2D eigenvalue weighted by atomic mass is 19.1. The van der Waals surface area contributed by atoms with Crippen molar-refractivity contribution in [3.8, 4) is 0 Å². The quantitative estimate of drug-likeness (QED) is 0.889. The molecule has 1 N–H and O–H groups in total. The molecule has 2 fully saturated rings. The molecule has 0 aromatic heterocycles. The number of rotatable bonds is 3. The first kappa shape index (κ1) is 12.1. The molecule has 1 aromatic carbocycles. The molecule has 2 aliphatic rings. The molecule has 0 spiro atoms. The number of hydrogen-bond acceptors (Lipinski definition) is 2. The van der Waals surface area contributed by atoms with E-state index in [4.69, 9.17) is 4.74 Å². The summed E-state index contributed by atoms with van der Waals surface area (Å²) in [7, 11) is 0. The second-order valence-electron chi connectivity index (χ2n) is 5.61. The van der Waals surface area contributed by atoms with Gasteiger partial charge in [0.25, 0.3) is 0 Å². The number of piperidine rings is 1. The number of benzene rings is 1. The lowest BCUT2D eigenvalue weighted by atomic mass is 10.0. The Balaban J connectivity index is 1.58. The third-order valence-electron chi connectivity index (χ3n) is 4.21. The molecule has 2 unspecified atom stereocenters. The van der Waals surface area contributed by atoms with Gasteiger partial charge in [-0.05, 0) is 55.9 Å². The Morgan fingerprint density at radius 3 is 2.67 bits per heavy atom. The molecule has 2 bridgehead atoms. The van der Waals surface area contributed by atoms with E-state index in [0.29, 0.717) is 24.8 Å². The van der Waals surface area contributed by atoms with Gasteiger partial charge in [0.1, 0.15) is 5.82 Å². The predicted molar refractivity (Wildman–Crippen MR) is 68.9 cm³/mol. The lowest BCUT2D eigenvalue weighted by molar-refractivity contribution is 0.00895. The molecule has 2 aliphatic heterocycles. The highest BCUT2D eigenvalue weighted by molar-refractivity contribution is 5.25. The van der Waals surface area contributed by atoms with Crippen molar-refractivity contribution in [2.45, 2.75) is 57.4 Å². The van der Waals surface area contributed by atoms with Crippen LogP contribution < -0.4 is 5.32 Å². The van der Waals surface area contributed by atoms with E-state index in [2.05, 4.69) is 5.32 Å². The van der Waals surface area contributed by atoms with Crippen LogP contribution in [0.25, 0.3) is 0 Å². The molecular formula is C15H20FNO. The van der Waals surface area contributed by atoms with E-state index < -0.39 is 0 Å². The number of fused-ring (bicyclic) bond motifs is 2. The molecule has 18 heavy (non-hydrogen) atoms. The highest BCUT2D eigenvalue weighted by Crippen LogP contribution is 2.29. The fourth-order valence-electron chi connectivity index (χ4n) is 3.17. The molecule has 2 atom stereocenters. The van der Waals surface area contributed by atoms with Crippen molar-refractivity contribution < 1.29 is 9.13 Å². The number of hydrogen-bond donors (Lipinski definition) is 1. The van der Waals surface area contributed by atoms with Crippen LogP contribution in [0.2, 0.25) is 0 Å². The first-order valence-corrected chi connectivity index (χ1v) is 6.83. The second kappa shape index (κ2) is 4.98. The standard InChI is InChI=1S/C15H20FNO/c1-10-6-12(16)3-2-11(10)9-18-15-7-13-4-5-14(8-15)17-13/h2-3,6,13-15,17H,4-5,7-9H2,1H3. The summed E-state index contributed by atoms with van der Waals surface area (Å²) in [5, 5.41) is 3.61. The fourth-order valence-corrected chi connectivity index (χ4v) is 3.17.